The Hall–Kier alpha value is -1.30. The standard InChI is InChI=1S/C14H27N3O3/c1-11(5-3-7-13(18)19)16-14(20)17-8-4-6-12(10-17)9-15-2/h11-12,15H,3-10H2,1-2H3,(H,16,20)(H,18,19). The van der Waals surface area contributed by atoms with Crippen LogP contribution in [0.4, 0.5) is 4.79 Å². The Kier molecular flexibility index (Phi) is 7.36. The van der Waals surface area contributed by atoms with E-state index in [9.17, 15) is 9.59 Å². The Labute approximate surface area is 120 Å². The van der Waals surface area contributed by atoms with E-state index in [0.29, 0.717) is 18.8 Å². The molecular weight excluding hydrogens is 258 g/mol. The normalized spacial score (nSPS) is 20.5. The number of aliphatic carboxylic acids is 1. The average molecular weight is 285 g/mol. The zero-order valence-electron chi connectivity index (χ0n) is 12.5. The van der Waals surface area contributed by atoms with E-state index >= 15 is 0 Å². The van der Waals surface area contributed by atoms with Gasteiger partial charge in [-0.1, -0.05) is 0 Å². The van der Waals surface area contributed by atoms with Crippen LogP contribution in [0, 0.1) is 5.92 Å². The van der Waals surface area contributed by atoms with E-state index in [0.717, 1.165) is 26.1 Å². The summed E-state index contributed by atoms with van der Waals surface area (Å²) in [5.74, 6) is -0.253. The van der Waals surface area contributed by atoms with Crippen molar-refractivity contribution in [3.63, 3.8) is 0 Å². The highest BCUT2D eigenvalue weighted by Crippen LogP contribution is 2.16. The second-order valence-corrected chi connectivity index (χ2v) is 5.65. The summed E-state index contributed by atoms with van der Waals surface area (Å²) in [7, 11) is 1.93. The van der Waals surface area contributed by atoms with Crippen molar-refractivity contribution in [1.29, 1.82) is 0 Å². The van der Waals surface area contributed by atoms with Gasteiger partial charge in [0.25, 0.3) is 0 Å². The topological polar surface area (TPSA) is 81.7 Å². The number of hydrogen-bond acceptors (Lipinski definition) is 3. The van der Waals surface area contributed by atoms with Gasteiger partial charge in [0.1, 0.15) is 0 Å². The molecule has 0 aromatic rings. The maximum Gasteiger partial charge on any atom is 0.317 e. The maximum atomic E-state index is 12.1. The molecular formula is C14H27N3O3. The Morgan fingerprint density at radius 3 is 2.85 bits per heavy atom. The molecule has 0 saturated carbocycles. The number of hydrogen-bond donors (Lipinski definition) is 3. The lowest BCUT2D eigenvalue weighted by atomic mass is 9.98. The SMILES string of the molecule is CNCC1CCCN(C(=O)NC(C)CCCC(=O)O)C1. The van der Waals surface area contributed by atoms with Gasteiger partial charge in [-0.3, -0.25) is 4.79 Å². The van der Waals surface area contributed by atoms with Gasteiger partial charge in [0.2, 0.25) is 0 Å². The predicted octanol–water partition coefficient (Wildman–Crippen LogP) is 1.27. The highest BCUT2D eigenvalue weighted by molar-refractivity contribution is 5.74. The molecule has 2 amide bonds. The number of rotatable bonds is 7. The van der Waals surface area contributed by atoms with E-state index in [1.165, 1.54) is 6.42 Å². The molecule has 0 spiro atoms. The quantitative estimate of drug-likeness (QED) is 0.658. The van der Waals surface area contributed by atoms with Crippen molar-refractivity contribution in [2.75, 3.05) is 26.7 Å². The van der Waals surface area contributed by atoms with Crippen LogP contribution in [-0.2, 0) is 4.79 Å². The third kappa shape index (κ3) is 6.23. The zero-order valence-corrected chi connectivity index (χ0v) is 12.5. The lowest BCUT2D eigenvalue weighted by Gasteiger charge is -2.33. The molecule has 2 atom stereocenters. The van der Waals surface area contributed by atoms with Crippen LogP contribution in [0.15, 0.2) is 0 Å². The molecule has 2 unspecified atom stereocenters. The minimum Gasteiger partial charge on any atom is -0.481 e. The summed E-state index contributed by atoms with van der Waals surface area (Å²) in [6.45, 7) is 4.48. The molecule has 0 aliphatic carbocycles. The van der Waals surface area contributed by atoms with Crippen LogP contribution in [0.1, 0.15) is 39.0 Å². The number of amides is 2. The van der Waals surface area contributed by atoms with Crippen molar-refractivity contribution in [3.05, 3.63) is 0 Å². The van der Waals surface area contributed by atoms with Crippen molar-refractivity contribution in [3.8, 4) is 0 Å². The molecule has 116 valence electrons. The molecule has 3 N–H and O–H groups in total. The first-order valence-electron chi connectivity index (χ1n) is 7.44. The summed E-state index contributed by atoms with van der Waals surface area (Å²) in [6, 6.07) is 0.000143. The summed E-state index contributed by atoms with van der Waals surface area (Å²) >= 11 is 0. The lowest BCUT2D eigenvalue weighted by molar-refractivity contribution is -0.137. The van der Waals surface area contributed by atoms with Gasteiger partial charge in [-0.25, -0.2) is 4.79 Å². The minimum absolute atomic E-state index is 0.0198. The first kappa shape index (κ1) is 16.8. The number of nitrogens with one attached hydrogen (secondary N) is 2. The van der Waals surface area contributed by atoms with Gasteiger partial charge in [0, 0.05) is 25.6 Å². The van der Waals surface area contributed by atoms with Crippen LogP contribution < -0.4 is 10.6 Å². The number of urea groups is 1. The summed E-state index contributed by atoms with van der Waals surface area (Å²) in [5.41, 5.74) is 0. The first-order chi connectivity index (χ1) is 9.52. The number of carboxylic acids is 1. The van der Waals surface area contributed by atoms with Crippen molar-refractivity contribution in [1.82, 2.24) is 15.5 Å². The maximum absolute atomic E-state index is 12.1. The molecule has 1 fully saturated rings. The Balaban J connectivity index is 2.28. The lowest BCUT2D eigenvalue weighted by Crippen LogP contribution is -2.49. The minimum atomic E-state index is -0.783. The number of carbonyl (C=O) groups is 2. The van der Waals surface area contributed by atoms with E-state index in [1.54, 1.807) is 0 Å². The number of nitrogens with zero attached hydrogens (tertiary/aromatic N) is 1. The number of carbonyl (C=O) groups excluding carboxylic acids is 1. The summed E-state index contributed by atoms with van der Waals surface area (Å²) in [5, 5.41) is 14.7. The Morgan fingerprint density at radius 1 is 1.45 bits per heavy atom. The van der Waals surface area contributed by atoms with Gasteiger partial charge in [0.15, 0.2) is 0 Å². The molecule has 0 aromatic heterocycles. The van der Waals surface area contributed by atoms with Crippen LogP contribution in [0.25, 0.3) is 0 Å². The largest absolute Gasteiger partial charge is 0.481 e. The third-order valence-corrected chi connectivity index (χ3v) is 3.70. The van der Waals surface area contributed by atoms with Gasteiger partial charge in [-0.05, 0) is 52.1 Å². The van der Waals surface area contributed by atoms with Crippen LogP contribution >= 0.6 is 0 Å². The number of carboxylic acid groups (broad SMARTS) is 1. The summed E-state index contributed by atoms with van der Waals surface area (Å²) < 4.78 is 0. The van der Waals surface area contributed by atoms with E-state index < -0.39 is 5.97 Å². The molecule has 1 heterocycles. The molecule has 1 aliphatic rings. The van der Waals surface area contributed by atoms with Crippen LogP contribution in [-0.4, -0.2) is 54.7 Å². The molecule has 6 nitrogen and oxygen atoms in total. The molecule has 1 saturated heterocycles. The first-order valence-corrected chi connectivity index (χ1v) is 7.44. The van der Waals surface area contributed by atoms with E-state index in [1.807, 2.05) is 18.9 Å². The molecule has 1 aliphatic heterocycles. The van der Waals surface area contributed by atoms with Crippen molar-refractivity contribution >= 4 is 12.0 Å². The van der Waals surface area contributed by atoms with Gasteiger partial charge in [-0.2, -0.15) is 0 Å². The second kappa shape index (κ2) is 8.79. The molecule has 0 bridgehead atoms. The second-order valence-electron chi connectivity index (χ2n) is 5.65. The average Bonchev–Trinajstić information content (AvgIpc) is 2.39. The van der Waals surface area contributed by atoms with Crippen LogP contribution in [0.5, 0.6) is 0 Å². The molecule has 0 radical (unpaired) electrons. The highest BCUT2D eigenvalue weighted by Gasteiger charge is 2.23. The smallest absolute Gasteiger partial charge is 0.317 e. The van der Waals surface area contributed by atoms with Gasteiger partial charge in [0.05, 0.1) is 0 Å². The van der Waals surface area contributed by atoms with Crippen molar-refractivity contribution < 1.29 is 14.7 Å². The van der Waals surface area contributed by atoms with E-state index in [2.05, 4.69) is 10.6 Å². The molecule has 0 aromatic carbocycles. The van der Waals surface area contributed by atoms with Crippen molar-refractivity contribution in [2.24, 2.45) is 5.92 Å². The van der Waals surface area contributed by atoms with Crippen molar-refractivity contribution in [2.45, 2.75) is 45.1 Å². The monoisotopic (exact) mass is 285 g/mol. The molecule has 20 heavy (non-hydrogen) atoms. The van der Waals surface area contributed by atoms with Gasteiger partial charge < -0.3 is 20.6 Å². The Morgan fingerprint density at radius 2 is 2.20 bits per heavy atom. The fourth-order valence-electron chi connectivity index (χ4n) is 2.64. The Bertz CT molecular complexity index is 321. The fourth-order valence-corrected chi connectivity index (χ4v) is 2.64. The molecule has 1 rings (SSSR count). The zero-order chi connectivity index (χ0) is 15.0. The summed E-state index contributed by atoms with van der Waals surface area (Å²) in [4.78, 5) is 24.5. The molecule has 6 heteroatoms. The van der Waals surface area contributed by atoms with E-state index in [-0.39, 0.29) is 18.5 Å². The summed E-state index contributed by atoms with van der Waals surface area (Å²) in [6.07, 6.45) is 3.67. The fraction of sp³-hybridized carbons (Fsp3) is 0.857. The highest BCUT2D eigenvalue weighted by atomic mass is 16.4. The number of piperidine rings is 1. The van der Waals surface area contributed by atoms with E-state index in [4.69, 9.17) is 5.11 Å². The van der Waals surface area contributed by atoms with Gasteiger partial charge in [-0.15, -0.1) is 0 Å². The van der Waals surface area contributed by atoms with Gasteiger partial charge >= 0.3 is 12.0 Å². The van der Waals surface area contributed by atoms with Crippen LogP contribution in [0.3, 0.4) is 0 Å². The van der Waals surface area contributed by atoms with Crippen LogP contribution in [0.2, 0.25) is 0 Å². The predicted molar refractivity (Wildman–Crippen MR) is 77.7 cm³/mol. The third-order valence-electron chi connectivity index (χ3n) is 3.70. The number of likely N-dealkylation sites (tertiary alicyclic amines) is 1.